The first-order chi connectivity index (χ1) is 18.2. The number of nitrogens with zero attached hydrogens (tertiary/aromatic N) is 6. The van der Waals surface area contributed by atoms with Crippen molar-refractivity contribution < 1.29 is 12.8 Å². The highest BCUT2D eigenvalue weighted by Gasteiger charge is 2.22. The molecule has 3 aromatic heterocycles. The zero-order valence-corrected chi connectivity index (χ0v) is 21.9. The third-order valence-corrected chi connectivity index (χ3v) is 7.88. The lowest BCUT2D eigenvalue weighted by atomic mass is 10.2. The van der Waals surface area contributed by atoms with Crippen molar-refractivity contribution in [3.05, 3.63) is 92.0 Å². The van der Waals surface area contributed by atoms with Crippen molar-refractivity contribution in [2.75, 3.05) is 4.72 Å². The smallest absolute Gasteiger partial charge is 0.277 e. The summed E-state index contributed by atoms with van der Waals surface area (Å²) in [5.74, 6) is -0.764. The number of sulfonamides is 1. The summed E-state index contributed by atoms with van der Waals surface area (Å²) in [7, 11) is -4.16. The Morgan fingerprint density at radius 2 is 1.84 bits per heavy atom. The van der Waals surface area contributed by atoms with E-state index in [1.807, 2.05) is 30.3 Å². The quantitative estimate of drug-likeness (QED) is 0.280. The second-order valence-electron chi connectivity index (χ2n) is 7.59. The Hall–Kier alpha value is -4.09. The molecule has 0 amide bonds. The fourth-order valence-electron chi connectivity index (χ4n) is 3.45. The molecule has 0 bridgehead atoms. The SMILES string of the molecule is N#Cn1c(=O)c(-c2nnc(-c3ccccc3)s2)c2ncc(NS(=O)(=O)C=Cc3c(Cl)ccc(F)c3Cl)cn21. The molecule has 0 atom stereocenters. The average Bonchev–Trinajstić information content (AvgIpc) is 3.48. The molecule has 0 aliphatic carbocycles. The number of anilines is 1. The van der Waals surface area contributed by atoms with Crippen LogP contribution in [0.1, 0.15) is 5.56 Å². The summed E-state index contributed by atoms with van der Waals surface area (Å²) < 4.78 is 43.1. The van der Waals surface area contributed by atoms with Gasteiger partial charge in [-0.05, 0) is 18.2 Å². The van der Waals surface area contributed by atoms with Gasteiger partial charge in [0.2, 0.25) is 6.19 Å². The molecule has 1 N–H and O–H groups in total. The van der Waals surface area contributed by atoms with E-state index in [2.05, 4.69) is 19.9 Å². The van der Waals surface area contributed by atoms with Gasteiger partial charge in [-0.2, -0.15) is 5.26 Å². The zero-order valence-electron chi connectivity index (χ0n) is 18.7. The van der Waals surface area contributed by atoms with Gasteiger partial charge in [-0.1, -0.05) is 64.9 Å². The van der Waals surface area contributed by atoms with Crippen LogP contribution in [0, 0.1) is 17.3 Å². The molecule has 15 heteroatoms. The second-order valence-corrected chi connectivity index (χ2v) is 10.9. The molecule has 5 aromatic rings. The second kappa shape index (κ2) is 9.99. The van der Waals surface area contributed by atoms with E-state index < -0.39 is 21.4 Å². The van der Waals surface area contributed by atoms with Gasteiger partial charge in [0.25, 0.3) is 15.6 Å². The van der Waals surface area contributed by atoms with Crippen LogP contribution >= 0.6 is 34.5 Å². The average molecular weight is 588 g/mol. The monoisotopic (exact) mass is 587 g/mol. The van der Waals surface area contributed by atoms with E-state index in [4.69, 9.17) is 23.2 Å². The van der Waals surface area contributed by atoms with Crippen LogP contribution in [-0.2, 0) is 10.0 Å². The highest BCUT2D eigenvalue weighted by molar-refractivity contribution is 7.95. The summed E-state index contributed by atoms with van der Waals surface area (Å²) in [6.45, 7) is 0. The largest absolute Gasteiger partial charge is 0.293 e. The number of aromatic nitrogens is 5. The van der Waals surface area contributed by atoms with E-state index in [0.29, 0.717) is 9.69 Å². The van der Waals surface area contributed by atoms with Gasteiger partial charge in [0.1, 0.15) is 16.4 Å². The topological polar surface area (TPSA) is 135 Å². The lowest BCUT2D eigenvalue weighted by molar-refractivity contribution is 0.609. The van der Waals surface area contributed by atoms with Crippen molar-refractivity contribution in [1.82, 2.24) is 24.4 Å². The van der Waals surface area contributed by atoms with Crippen LogP contribution in [0.4, 0.5) is 10.1 Å². The molecule has 2 aromatic carbocycles. The van der Waals surface area contributed by atoms with Crippen LogP contribution in [0.3, 0.4) is 0 Å². The maximum atomic E-state index is 13.7. The van der Waals surface area contributed by atoms with Crippen molar-refractivity contribution in [3.8, 4) is 27.3 Å². The Morgan fingerprint density at radius 3 is 2.58 bits per heavy atom. The van der Waals surface area contributed by atoms with Crippen molar-refractivity contribution >= 4 is 62.0 Å². The fourth-order valence-corrected chi connectivity index (χ4v) is 5.65. The number of nitrogens with one attached hydrogen (secondary N) is 1. The molecule has 190 valence electrons. The third kappa shape index (κ3) is 4.77. The standard InChI is InChI=1S/C23H12Cl2FN7O3S2/c24-16-6-7-17(26)19(25)15(16)8-9-38(35,36)31-14-10-28-20-18(23(34)33(12-27)32(20)11-14)22-30-29-21(37-22)13-4-2-1-3-5-13/h1-11,31H. The van der Waals surface area contributed by atoms with Gasteiger partial charge in [-0.25, -0.2) is 22.3 Å². The summed E-state index contributed by atoms with van der Waals surface area (Å²) in [5.41, 5.74) is 0.129. The third-order valence-electron chi connectivity index (χ3n) is 5.16. The van der Waals surface area contributed by atoms with Crippen molar-refractivity contribution in [2.24, 2.45) is 0 Å². The van der Waals surface area contributed by atoms with E-state index in [-0.39, 0.29) is 37.5 Å². The molecule has 0 radical (unpaired) electrons. The molecule has 10 nitrogen and oxygen atoms in total. The van der Waals surface area contributed by atoms with Gasteiger partial charge in [-0.3, -0.25) is 9.52 Å². The molecule has 0 aliphatic rings. The summed E-state index contributed by atoms with van der Waals surface area (Å²) in [4.78, 5) is 17.2. The Kier molecular flexibility index (Phi) is 6.72. The first-order valence-electron chi connectivity index (χ1n) is 10.5. The number of halogens is 3. The maximum absolute atomic E-state index is 13.7. The van der Waals surface area contributed by atoms with Crippen LogP contribution in [0.2, 0.25) is 10.0 Å². The van der Waals surface area contributed by atoms with Gasteiger partial charge < -0.3 is 0 Å². The summed E-state index contributed by atoms with van der Waals surface area (Å²) in [6, 6.07) is 11.5. The van der Waals surface area contributed by atoms with Crippen LogP contribution in [-0.4, -0.2) is 32.8 Å². The zero-order chi connectivity index (χ0) is 27.0. The van der Waals surface area contributed by atoms with Crippen LogP contribution in [0.25, 0.3) is 32.9 Å². The van der Waals surface area contributed by atoms with Gasteiger partial charge in [0.15, 0.2) is 10.7 Å². The molecule has 0 aliphatic heterocycles. The predicted octanol–water partition coefficient (Wildman–Crippen LogP) is 4.87. The van der Waals surface area contributed by atoms with E-state index in [9.17, 15) is 22.9 Å². The number of rotatable bonds is 6. The van der Waals surface area contributed by atoms with Crippen LogP contribution in [0.15, 0.2) is 65.1 Å². The van der Waals surface area contributed by atoms with Crippen LogP contribution in [0.5, 0.6) is 0 Å². The molecule has 0 fully saturated rings. The molecular formula is C23H12Cl2FN7O3S2. The van der Waals surface area contributed by atoms with Gasteiger partial charge in [0, 0.05) is 16.1 Å². The molecule has 38 heavy (non-hydrogen) atoms. The first kappa shape index (κ1) is 25.6. The van der Waals surface area contributed by atoms with Crippen molar-refractivity contribution in [3.63, 3.8) is 0 Å². The van der Waals surface area contributed by atoms with E-state index >= 15 is 0 Å². The van der Waals surface area contributed by atoms with Gasteiger partial charge in [0.05, 0.1) is 28.5 Å². The summed E-state index contributed by atoms with van der Waals surface area (Å²) in [5, 5.41) is 19.1. The Labute approximate surface area is 227 Å². The van der Waals surface area contributed by atoms with E-state index in [1.54, 1.807) is 6.19 Å². The molecule has 3 heterocycles. The minimum atomic E-state index is -4.16. The van der Waals surface area contributed by atoms with Crippen molar-refractivity contribution in [2.45, 2.75) is 0 Å². The Morgan fingerprint density at radius 1 is 1.11 bits per heavy atom. The Bertz CT molecular complexity index is 1950. The summed E-state index contributed by atoms with van der Waals surface area (Å²) in [6.07, 6.45) is 5.18. The fraction of sp³-hybridized carbons (Fsp3) is 0. The predicted molar refractivity (Wildman–Crippen MR) is 143 cm³/mol. The maximum Gasteiger partial charge on any atom is 0.293 e. The number of hydrogen-bond donors (Lipinski definition) is 1. The lowest BCUT2D eigenvalue weighted by Crippen LogP contribution is -2.16. The number of fused-ring (bicyclic) bond motifs is 1. The minimum absolute atomic E-state index is 0.0208. The van der Waals surface area contributed by atoms with E-state index in [0.717, 1.165) is 39.0 Å². The summed E-state index contributed by atoms with van der Waals surface area (Å²) >= 11 is 13.0. The molecular weight excluding hydrogens is 576 g/mol. The first-order valence-corrected chi connectivity index (χ1v) is 13.6. The molecule has 5 rings (SSSR count). The minimum Gasteiger partial charge on any atom is -0.277 e. The van der Waals surface area contributed by atoms with Crippen molar-refractivity contribution in [1.29, 1.82) is 5.26 Å². The van der Waals surface area contributed by atoms with E-state index in [1.165, 1.54) is 18.5 Å². The number of nitriles is 1. The molecule has 0 unspecified atom stereocenters. The number of benzene rings is 2. The Balaban J connectivity index is 1.50. The van der Waals surface area contributed by atoms with Crippen LogP contribution < -0.4 is 10.3 Å². The highest BCUT2D eigenvalue weighted by atomic mass is 35.5. The highest BCUT2D eigenvalue weighted by Crippen LogP contribution is 2.31. The van der Waals surface area contributed by atoms with Gasteiger partial charge >= 0.3 is 0 Å². The number of hydrogen-bond acceptors (Lipinski definition) is 8. The molecule has 0 spiro atoms. The molecule has 0 saturated carbocycles. The lowest BCUT2D eigenvalue weighted by Gasteiger charge is -2.06. The normalized spacial score (nSPS) is 11.7. The van der Waals surface area contributed by atoms with Gasteiger partial charge in [-0.15, -0.1) is 14.9 Å². The molecule has 0 saturated heterocycles.